The molecule has 1 aromatic heterocycles. The second kappa shape index (κ2) is 6.45. The number of H-pyrrole nitrogens is 1. The van der Waals surface area contributed by atoms with Gasteiger partial charge in [-0.3, -0.25) is 5.10 Å². The maximum atomic E-state index is 13.6. The van der Waals surface area contributed by atoms with Gasteiger partial charge in [-0.05, 0) is 38.0 Å². The number of nitrogens with zero attached hydrogens (tertiary/aromatic N) is 1. The lowest BCUT2D eigenvalue weighted by Gasteiger charge is -2.08. The zero-order valence-corrected chi connectivity index (χ0v) is 13.4. The molecule has 0 aliphatic heterocycles. The SMILES string of the molecule is COc1ccc(CCNS(=O)(=O)c2c(C)n[nH]c2C)cc1F. The van der Waals surface area contributed by atoms with Gasteiger partial charge in [-0.2, -0.15) is 5.10 Å². The lowest BCUT2D eigenvalue weighted by Crippen LogP contribution is -2.26. The number of benzene rings is 1. The minimum absolute atomic E-state index is 0.161. The van der Waals surface area contributed by atoms with Crippen molar-refractivity contribution in [1.82, 2.24) is 14.9 Å². The molecule has 120 valence electrons. The van der Waals surface area contributed by atoms with Gasteiger partial charge in [0, 0.05) is 6.54 Å². The van der Waals surface area contributed by atoms with E-state index in [4.69, 9.17) is 4.74 Å². The Labute approximate surface area is 128 Å². The van der Waals surface area contributed by atoms with E-state index in [9.17, 15) is 12.8 Å². The van der Waals surface area contributed by atoms with Gasteiger partial charge in [0.1, 0.15) is 4.90 Å². The standard InChI is InChI=1S/C14H18FN3O3S/c1-9-14(10(2)18-17-9)22(19,20)16-7-6-11-4-5-13(21-3)12(15)8-11/h4-5,8,16H,6-7H2,1-3H3,(H,17,18). The van der Waals surface area contributed by atoms with Gasteiger partial charge in [-0.25, -0.2) is 17.5 Å². The van der Waals surface area contributed by atoms with Crippen molar-refractivity contribution in [3.05, 3.63) is 41.0 Å². The van der Waals surface area contributed by atoms with Crippen LogP contribution in [0.3, 0.4) is 0 Å². The number of ether oxygens (including phenoxy) is 1. The van der Waals surface area contributed by atoms with Crippen molar-refractivity contribution in [3.8, 4) is 5.75 Å². The van der Waals surface area contributed by atoms with Gasteiger partial charge in [0.2, 0.25) is 10.0 Å². The molecule has 1 heterocycles. The number of aryl methyl sites for hydroxylation is 2. The van der Waals surface area contributed by atoms with Gasteiger partial charge in [-0.1, -0.05) is 6.07 Å². The molecule has 0 saturated carbocycles. The lowest BCUT2D eigenvalue weighted by atomic mass is 10.1. The summed E-state index contributed by atoms with van der Waals surface area (Å²) in [5.41, 5.74) is 1.59. The minimum atomic E-state index is -3.63. The van der Waals surface area contributed by atoms with Crippen LogP contribution in [0, 0.1) is 19.7 Å². The predicted octanol–water partition coefficient (Wildman–Crippen LogP) is 1.70. The first-order valence-electron chi connectivity index (χ1n) is 6.69. The third-order valence-corrected chi connectivity index (χ3v) is 4.97. The van der Waals surface area contributed by atoms with E-state index in [1.54, 1.807) is 19.9 Å². The Hall–Kier alpha value is -1.93. The van der Waals surface area contributed by atoms with Crippen molar-refractivity contribution in [2.24, 2.45) is 0 Å². The highest BCUT2D eigenvalue weighted by Crippen LogP contribution is 2.18. The van der Waals surface area contributed by atoms with E-state index in [-0.39, 0.29) is 17.2 Å². The van der Waals surface area contributed by atoms with E-state index in [0.29, 0.717) is 23.4 Å². The van der Waals surface area contributed by atoms with Gasteiger partial charge >= 0.3 is 0 Å². The number of methoxy groups -OCH3 is 1. The van der Waals surface area contributed by atoms with Gasteiger partial charge in [-0.15, -0.1) is 0 Å². The molecule has 0 bridgehead atoms. The van der Waals surface area contributed by atoms with Crippen LogP contribution in [0.5, 0.6) is 5.75 Å². The number of sulfonamides is 1. The summed E-state index contributed by atoms with van der Waals surface area (Å²) in [6, 6.07) is 4.55. The van der Waals surface area contributed by atoms with Crippen LogP contribution in [0.4, 0.5) is 4.39 Å². The molecular weight excluding hydrogens is 309 g/mol. The zero-order chi connectivity index (χ0) is 16.3. The van der Waals surface area contributed by atoms with Crippen molar-refractivity contribution in [1.29, 1.82) is 0 Å². The fraction of sp³-hybridized carbons (Fsp3) is 0.357. The smallest absolute Gasteiger partial charge is 0.244 e. The molecule has 0 spiro atoms. The molecule has 0 unspecified atom stereocenters. The number of hydrogen-bond donors (Lipinski definition) is 2. The van der Waals surface area contributed by atoms with Gasteiger partial charge < -0.3 is 4.74 Å². The number of nitrogens with one attached hydrogen (secondary N) is 2. The quantitative estimate of drug-likeness (QED) is 0.846. The maximum Gasteiger partial charge on any atom is 0.244 e. The molecule has 0 amide bonds. The molecule has 0 atom stereocenters. The molecule has 2 N–H and O–H groups in total. The van der Waals surface area contributed by atoms with E-state index in [1.807, 2.05) is 0 Å². The molecule has 2 rings (SSSR count). The van der Waals surface area contributed by atoms with Gasteiger partial charge in [0.25, 0.3) is 0 Å². The minimum Gasteiger partial charge on any atom is -0.494 e. The summed E-state index contributed by atoms with van der Waals surface area (Å²) in [5, 5.41) is 6.51. The van der Waals surface area contributed by atoms with Crippen LogP contribution in [0.2, 0.25) is 0 Å². The largest absolute Gasteiger partial charge is 0.494 e. The summed E-state index contributed by atoms with van der Waals surface area (Å²) < 4.78 is 45.4. The molecule has 0 radical (unpaired) electrons. The van der Waals surface area contributed by atoms with E-state index >= 15 is 0 Å². The average Bonchev–Trinajstić information content (AvgIpc) is 2.79. The summed E-state index contributed by atoms with van der Waals surface area (Å²) in [7, 11) is -2.24. The number of rotatable bonds is 6. The highest BCUT2D eigenvalue weighted by Gasteiger charge is 2.21. The summed E-state index contributed by atoms with van der Waals surface area (Å²) in [5.74, 6) is -0.307. The van der Waals surface area contributed by atoms with Crippen molar-refractivity contribution in [3.63, 3.8) is 0 Å². The molecule has 22 heavy (non-hydrogen) atoms. The molecule has 8 heteroatoms. The van der Waals surface area contributed by atoms with Crippen LogP contribution in [0.25, 0.3) is 0 Å². The van der Waals surface area contributed by atoms with Crippen LogP contribution < -0.4 is 9.46 Å². The fourth-order valence-electron chi connectivity index (χ4n) is 2.20. The van der Waals surface area contributed by atoms with Crippen LogP contribution in [0.1, 0.15) is 17.0 Å². The summed E-state index contributed by atoms with van der Waals surface area (Å²) in [6.07, 6.45) is 0.371. The summed E-state index contributed by atoms with van der Waals surface area (Å²) in [4.78, 5) is 0.161. The Morgan fingerprint density at radius 3 is 2.64 bits per heavy atom. The van der Waals surface area contributed by atoms with Crippen LogP contribution in [0.15, 0.2) is 23.1 Å². The molecular formula is C14H18FN3O3S. The predicted molar refractivity (Wildman–Crippen MR) is 79.9 cm³/mol. The van der Waals surface area contributed by atoms with E-state index in [2.05, 4.69) is 14.9 Å². The molecule has 6 nitrogen and oxygen atoms in total. The second-order valence-electron chi connectivity index (χ2n) is 4.88. The lowest BCUT2D eigenvalue weighted by molar-refractivity contribution is 0.386. The third kappa shape index (κ3) is 3.45. The van der Waals surface area contributed by atoms with E-state index in [1.165, 1.54) is 19.2 Å². The molecule has 2 aromatic rings. The Morgan fingerprint density at radius 1 is 1.36 bits per heavy atom. The topological polar surface area (TPSA) is 84.1 Å². The van der Waals surface area contributed by atoms with Crippen molar-refractivity contribution >= 4 is 10.0 Å². The van der Waals surface area contributed by atoms with E-state index in [0.717, 1.165) is 0 Å². The molecule has 0 fully saturated rings. The first-order valence-corrected chi connectivity index (χ1v) is 8.17. The van der Waals surface area contributed by atoms with Crippen LogP contribution >= 0.6 is 0 Å². The van der Waals surface area contributed by atoms with Crippen molar-refractivity contribution < 1.29 is 17.5 Å². The van der Waals surface area contributed by atoms with Crippen LogP contribution in [-0.4, -0.2) is 32.3 Å². The Morgan fingerprint density at radius 2 is 2.09 bits per heavy atom. The monoisotopic (exact) mass is 327 g/mol. The average molecular weight is 327 g/mol. The van der Waals surface area contributed by atoms with Gasteiger partial charge in [0.15, 0.2) is 11.6 Å². The Bertz CT molecular complexity index is 752. The first kappa shape index (κ1) is 16.4. The zero-order valence-electron chi connectivity index (χ0n) is 12.6. The fourth-order valence-corrected chi connectivity index (χ4v) is 3.60. The number of aromatic amines is 1. The second-order valence-corrected chi connectivity index (χ2v) is 6.58. The number of aromatic nitrogens is 2. The third-order valence-electron chi connectivity index (χ3n) is 3.25. The molecule has 0 aliphatic rings. The van der Waals surface area contributed by atoms with E-state index < -0.39 is 15.8 Å². The number of halogens is 1. The Kier molecular flexibility index (Phi) is 4.82. The Balaban J connectivity index is 2.03. The first-order chi connectivity index (χ1) is 10.3. The van der Waals surface area contributed by atoms with Crippen molar-refractivity contribution in [2.45, 2.75) is 25.2 Å². The maximum absolute atomic E-state index is 13.6. The van der Waals surface area contributed by atoms with Crippen molar-refractivity contribution in [2.75, 3.05) is 13.7 Å². The van der Waals surface area contributed by atoms with Crippen LogP contribution in [-0.2, 0) is 16.4 Å². The summed E-state index contributed by atoms with van der Waals surface area (Å²) >= 11 is 0. The molecule has 1 aromatic carbocycles. The summed E-state index contributed by atoms with van der Waals surface area (Å²) in [6.45, 7) is 3.43. The van der Waals surface area contributed by atoms with Gasteiger partial charge in [0.05, 0.1) is 18.5 Å². The number of hydrogen-bond acceptors (Lipinski definition) is 4. The highest BCUT2D eigenvalue weighted by molar-refractivity contribution is 7.89. The molecule has 0 aliphatic carbocycles. The normalized spacial score (nSPS) is 11.6. The molecule has 0 saturated heterocycles. The highest BCUT2D eigenvalue weighted by atomic mass is 32.2.